The average Bonchev–Trinajstić information content (AvgIpc) is 3.00. The Balaban J connectivity index is 1.99. The van der Waals surface area contributed by atoms with E-state index in [0.717, 1.165) is 18.4 Å². The van der Waals surface area contributed by atoms with E-state index in [0.29, 0.717) is 11.5 Å². The minimum atomic E-state index is -0.560. The number of rotatable bonds is 2. The van der Waals surface area contributed by atoms with Gasteiger partial charge in [0.25, 0.3) is 0 Å². The van der Waals surface area contributed by atoms with Crippen molar-refractivity contribution in [3.05, 3.63) is 23.8 Å². The van der Waals surface area contributed by atoms with Gasteiger partial charge < -0.3 is 14.3 Å². The maximum Gasteiger partial charge on any atom is 0.335 e. The second kappa shape index (κ2) is 3.12. The number of carbonyl (C=O) groups excluding carboxylic acids is 1. The van der Waals surface area contributed by atoms with Gasteiger partial charge in [0.2, 0.25) is 6.79 Å². The van der Waals surface area contributed by atoms with E-state index in [1.807, 2.05) is 18.2 Å². The van der Waals surface area contributed by atoms with Crippen molar-refractivity contribution in [1.29, 1.82) is 0 Å². The van der Waals surface area contributed by atoms with Gasteiger partial charge in [0.15, 0.2) is 11.5 Å². The molecule has 0 amide bonds. The molecule has 5 nitrogen and oxygen atoms in total. The normalized spacial score (nSPS) is 19.3. The van der Waals surface area contributed by atoms with Crippen molar-refractivity contribution in [3.8, 4) is 11.5 Å². The Kier molecular flexibility index (Phi) is 1.85. The zero-order valence-corrected chi connectivity index (χ0v) is 8.56. The molecular formula is C11H11NO4. The van der Waals surface area contributed by atoms with Gasteiger partial charge in [-0.15, -0.1) is 0 Å². The van der Waals surface area contributed by atoms with Crippen LogP contribution < -0.4 is 15.4 Å². The molecule has 0 spiro atoms. The van der Waals surface area contributed by atoms with Crippen LogP contribution in [0.2, 0.25) is 0 Å². The monoisotopic (exact) mass is 221 g/mol. The lowest BCUT2D eigenvalue weighted by Crippen LogP contribution is -2.25. The summed E-state index contributed by atoms with van der Waals surface area (Å²) in [5, 5.41) is 0. The van der Waals surface area contributed by atoms with Crippen LogP contribution in [0.4, 0.5) is 0 Å². The second-order valence-electron chi connectivity index (χ2n) is 4.06. The molecule has 3 rings (SSSR count). The first-order valence-electron chi connectivity index (χ1n) is 5.07. The van der Waals surface area contributed by atoms with E-state index >= 15 is 0 Å². The Bertz CT molecular complexity index is 453. The summed E-state index contributed by atoms with van der Waals surface area (Å²) in [6.45, 7) is 0.229. The first kappa shape index (κ1) is 9.47. The molecule has 0 bridgehead atoms. The molecule has 1 heterocycles. The Morgan fingerprint density at radius 1 is 1.31 bits per heavy atom. The zero-order chi connectivity index (χ0) is 11.2. The van der Waals surface area contributed by atoms with Gasteiger partial charge in [-0.3, -0.25) is 0 Å². The Labute approximate surface area is 92.0 Å². The third kappa shape index (κ3) is 1.18. The molecule has 1 fully saturated rings. The van der Waals surface area contributed by atoms with Gasteiger partial charge in [-0.1, -0.05) is 6.07 Å². The lowest BCUT2D eigenvalue weighted by atomic mass is 9.96. The highest BCUT2D eigenvalue weighted by Crippen LogP contribution is 2.50. The van der Waals surface area contributed by atoms with E-state index in [-0.39, 0.29) is 12.8 Å². The van der Waals surface area contributed by atoms with Gasteiger partial charge in [0.1, 0.15) is 0 Å². The molecule has 1 aromatic carbocycles. The molecule has 0 aromatic heterocycles. The highest BCUT2D eigenvalue weighted by Gasteiger charge is 2.53. The van der Waals surface area contributed by atoms with Crippen LogP contribution in [0.3, 0.4) is 0 Å². The van der Waals surface area contributed by atoms with Crippen molar-refractivity contribution in [1.82, 2.24) is 0 Å². The number of ether oxygens (including phenoxy) is 2. The molecular weight excluding hydrogens is 210 g/mol. The third-order valence-corrected chi connectivity index (χ3v) is 3.17. The Morgan fingerprint density at radius 3 is 2.75 bits per heavy atom. The summed E-state index contributed by atoms with van der Waals surface area (Å²) in [6.07, 6.45) is 1.53. The molecule has 2 aliphatic rings. The minimum absolute atomic E-state index is 0.229. The summed E-state index contributed by atoms with van der Waals surface area (Å²) >= 11 is 0. The molecule has 1 saturated carbocycles. The van der Waals surface area contributed by atoms with E-state index in [4.69, 9.17) is 15.4 Å². The van der Waals surface area contributed by atoms with E-state index in [2.05, 4.69) is 4.84 Å². The topological polar surface area (TPSA) is 70.8 Å². The summed E-state index contributed by atoms with van der Waals surface area (Å²) < 4.78 is 10.5. The van der Waals surface area contributed by atoms with Crippen molar-refractivity contribution >= 4 is 5.97 Å². The number of benzene rings is 1. The summed E-state index contributed by atoms with van der Waals surface area (Å²) in [5.41, 5.74) is 0.322. The minimum Gasteiger partial charge on any atom is -0.454 e. The van der Waals surface area contributed by atoms with E-state index < -0.39 is 5.41 Å². The second-order valence-corrected chi connectivity index (χ2v) is 4.06. The van der Waals surface area contributed by atoms with Gasteiger partial charge in [-0.25, -0.2) is 4.79 Å². The SMILES string of the molecule is NOC(=O)C1(c2ccc3c(c2)OCO3)CC1. The van der Waals surface area contributed by atoms with Crippen molar-refractivity contribution in [2.45, 2.75) is 18.3 Å². The summed E-state index contributed by atoms with van der Waals surface area (Å²) in [4.78, 5) is 15.9. The van der Waals surface area contributed by atoms with Gasteiger partial charge >= 0.3 is 5.97 Å². The quantitative estimate of drug-likeness (QED) is 0.750. The van der Waals surface area contributed by atoms with Gasteiger partial charge in [-0.05, 0) is 30.5 Å². The van der Waals surface area contributed by atoms with Crippen molar-refractivity contribution in [3.63, 3.8) is 0 Å². The summed E-state index contributed by atoms with van der Waals surface area (Å²) in [7, 11) is 0. The lowest BCUT2D eigenvalue weighted by Gasteiger charge is -2.12. The molecule has 1 aromatic rings. The molecule has 84 valence electrons. The highest BCUT2D eigenvalue weighted by atomic mass is 16.7. The van der Waals surface area contributed by atoms with Crippen LogP contribution in [-0.4, -0.2) is 12.8 Å². The molecule has 1 aliphatic heterocycles. The first-order chi connectivity index (χ1) is 7.76. The van der Waals surface area contributed by atoms with E-state index in [9.17, 15) is 4.79 Å². The van der Waals surface area contributed by atoms with E-state index in [1.165, 1.54) is 0 Å². The summed E-state index contributed by atoms with van der Waals surface area (Å²) in [6, 6.07) is 5.49. The Hall–Kier alpha value is -1.75. The third-order valence-electron chi connectivity index (χ3n) is 3.17. The van der Waals surface area contributed by atoms with Crippen LogP contribution >= 0.6 is 0 Å². The van der Waals surface area contributed by atoms with Gasteiger partial charge in [-0.2, -0.15) is 5.90 Å². The number of carbonyl (C=O) groups is 1. The zero-order valence-electron chi connectivity index (χ0n) is 8.56. The van der Waals surface area contributed by atoms with Crippen molar-refractivity contribution in [2.75, 3.05) is 6.79 Å². The molecule has 0 saturated heterocycles. The predicted molar refractivity (Wildman–Crippen MR) is 53.8 cm³/mol. The van der Waals surface area contributed by atoms with Crippen LogP contribution in [-0.2, 0) is 15.0 Å². The van der Waals surface area contributed by atoms with Crippen molar-refractivity contribution in [2.24, 2.45) is 5.90 Å². The first-order valence-corrected chi connectivity index (χ1v) is 5.07. The number of fused-ring (bicyclic) bond motifs is 1. The highest BCUT2D eigenvalue weighted by molar-refractivity contribution is 5.86. The standard InChI is InChI=1S/C11H11NO4/c12-16-10(13)11(3-4-11)7-1-2-8-9(5-7)15-6-14-8/h1-2,5H,3-4,6,12H2. The predicted octanol–water partition coefficient (Wildman–Crippen LogP) is 0.864. The summed E-state index contributed by atoms with van der Waals surface area (Å²) in [5.74, 6) is 5.94. The smallest absolute Gasteiger partial charge is 0.335 e. The lowest BCUT2D eigenvalue weighted by molar-refractivity contribution is -0.147. The van der Waals surface area contributed by atoms with Crippen LogP contribution in [0, 0.1) is 0 Å². The van der Waals surface area contributed by atoms with Crippen molar-refractivity contribution < 1.29 is 19.1 Å². The molecule has 0 radical (unpaired) electrons. The maximum absolute atomic E-state index is 11.6. The molecule has 0 atom stereocenters. The number of hydrogen-bond donors (Lipinski definition) is 1. The van der Waals surface area contributed by atoms with Crippen LogP contribution in [0.25, 0.3) is 0 Å². The molecule has 1 aliphatic carbocycles. The largest absolute Gasteiger partial charge is 0.454 e. The average molecular weight is 221 g/mol. The van der Waals surface area contributed by atoms with Crippen LogP contribution in [0.15, 0.2) is 18.2 Å². The molecule has 0 unspecified atom stereocenters. The van der Waals surface area contributed by atoms with E-state index in [1.54, 1.807) is 0 Å². The molecule has 2 N–H and O–H groups in total. The van der Waals surface area contributed by atoms with Gasteiger partial charge in [0.05, 0.1) is 5.41 Å². The van der Waals surface area contributed by atoms with Gasteiger partial charge in [0, 0.05) is 0 Å². The number of nitrogens with two attached hydrogens (primary N) is 1. The molecule has 5 heteroatoms. The number of hydrogen-bond acceptors (Lipinski definition) is 5. The molecule has 16 heavy (non-hydrogen) atoms. The van der Waals surface area contributed by atoms with Crippen LogP contribution in [0.5, 0.6) is 11.5 Å². The maximum atomic E-state index is 11.6. The van der Waals surface area contributed by atoms with Crippen LogP contribution in [0.1, 0.15) is 18.4 Å². The fourth-order valence-electron chi connectivity index (χ4n) is 2.04. The fraction of sp³-hybridized carbons (Fsp3) is 0.364. The fourth-order valence-corrected chi connectivity index (χ4v) is 2.04. The Morgan fingerprint density at radius 2 is 2.06 bits per heavy atom.